The number of para-hydroxylation sites is 1. The van der Waals surface area contributed by atoms with Crippen LogP contribution in [0.1, 0.15) is 10.5 Å². The smallest absolute Gasteiger partial charge is 0.278 e. The first-order valence-electron chi connectivity index (χ1n) is 4.81. The van der Waals surface area contributed by atoms with E-state index in [-0.39, 0.29) is 17.2 Å². The van der Waals surface area contributed by atoms with E-state index >= 15 is 0 Å². The molecule has 6 heteroatoms. The maximum Gasteiger partial charge on any atom is 0.278 e. The van der Waals surface area contributed by atoms with E-state index in [1.807, 2.05) is 0 Å². The first-order chi connectivity index (χ1) is 8.18. The van der Waals surface area contributed by atoms with E-state index in [2.05, 4.69) is 15.3 Å². The zero-order valence-electron chi connectivity index (χ0n) is 8.72. The van der Waals surface area contributed by atoms with E-state index in [0.29, 0.717) is 0 Å². The molecule has 1 aromatic carbocycles. The van der Waals surface area contributed by atoms with Gasteiger partial charge in [0.15, 0.2) is 11.5 Å². The third-order valence-corrected chi connectivity index (χ3v) is 2.06. The van der Waals surface area contributed by atoms with Crippen molar-refractivity contribution in [1.82, 2.24) is 9.97 Å². The molecule has 3 N–H and O–H groups in total. The topological polar surface area (TPSA) is 80.9 Å². The number of anilines is 2. The van der Waals surface area contributed by atoms with Gasteiger partial charge < -0.3 is 11.1 Å². The van der Waals surface area contributed by atoms with E-state index in [9.17, 15) is 9.18 Å². The van der Waals surface area contributed by atoms with Gasteiger partial charge in [0.25, 0.3) is 5.91 Å². The van der Waals surface area contributed by atoms with Crippen molar-refractivity contribution in [3.05, 3.63) is 48.2 Å². The second-order valence-corrected chi connectivity index (χ2v) is 3.22. The van der Waals surface area contributed by atoms with Gasteiger partial charge in [0.2, 0.25) is 0 Å². The number of nitrogens with two attached hydrogens (primary N) is 1. The Morgan fingerprint density at radius 2 is 1.94 bits per heavy atom. The Balaban J connectivity index is 2.24. The minimum Gasteiger partial charge on any atom is -0.382 e. The van der Waals surface area contributed by atoms with Crippen LogP contribution >= 0.6 is 0 Å². The Labute approximate surface area is 96.5 Å². The highest BCUT2D eigenvalue weighted by atomic mass is 19.1. The van der Waals surface area contributed by atoms with Crippen molar-refractivity contribution in [2.24, 2.45) is 0 Å². The Morgan fingerprint density at radius 1 is 1.24 bits per heavy atom. The van der Waals surface area contributed by atoms with Gasteiger partial charge in [-0.25, -0.2) is 14.4 Å². The van der Waals surface area contributed by atoms with Gasteiger partial charge in [-0.3, -0.25) is 4.79 Å². The molecule has 0 fully saturated rings. The van der Waals surface area contributed by atoms with E-state index < -0.39 is 11.7 Å². The van der Waals surface area contributed by atoms with Crippen LogP contribution in [-0.4, -0.2) is 15.9 Å². The van der Waals surface area contributed by atoms with Gasteiger partial charge in [-0.05, 0) is 12.1 Å². The van der Waals surface area contributed by atoms with Crippen LogP contribution in [0.3, 0.4) is 0 Å². The second-order valence-electron chi connectivity index (χ2n) is 3.22. The maximum atomic E-state index is 13.3. The fourth-order valence-electron chi connectivity index (χ4n) is 1.27. The zero-order chi connectivity index (χ0) is 12.3. The molecule has 0 saturated carbocycles. The van der Waals surface area contributed by atoms with E-state index in [1.54, 1.807) is 6.07 Å². The van der Waals surface area contributed by atoms with E-state index in [0.717, 1.165) is 0 Å². The van der Waals surface area contributed by atoms with Crippen LogP contribution in [0.4, 0.5) is 15.9 Å². The summed E-state index contributed by atoms with van der Waals surface area (Å²) in [7, 11) is 0. The molecule has 17 heavy (non-hydrogen) atoms. The maximum absolute atomic E-state index is 13.3. The van der Waals surface area contributed by atoms with Crippen LogP contribution in [0.5, 0.6) is 0 Å². The lowest BCUT2D eigenvalue weighted by atomic mass is 10.3. The van der Waals surface area contributed by atoms with E-state index in [1.165, 1.54) is 30.6 Å². The number of hydrogen-bond acceptors (Lipinski definition) is 4. The third kappa shape index (κ3) is 2.36. The molecular weight excluding hydrogens is 223 g/mol. The van der Waals surface area contributed by atoms with Crippen LogP contribution < -0.4 is 11.1 Å². The molecule has 2 rings (SSSR count). The summed E-state index contributed by atoms with van der Waals surface area (Å²) in [5, 5.41) is 2.37. The summed E-state index contributed by atoms with van der Waals surface area (Å²) in [4.78, 5) is 19.2. The fraction of sp³-hybridized carbons (Fsp3) is 0. The van der Waals surface area contributed by atoms with Crippen molar-refractivity contribution in [3.63, 3.8) is 0 Å². The van der Waals surface area contributed by atoms with Crippen molar-refractivity contribution < 1.29 is 9.18 Å². The number of rotatable bonds is 2. The number of carbonyl (C=O) groups is 1. The number of nitrogens with one attached hydrogen (secondary N) is 1. The minimum absolute atomic E-state index is 0.00124. The lowest BCUT2D eigenvalue weighted by Crippen LogP contribution is -2.17. The molecule has 0 aliphatic rings. The first-order valence-corrected chi connectivity index (χ1v) is 4.81. The second kappa shape index (κ2) is 4.56. The number of hydrogen-bond donors (Lipinski definition) is 2. The van der Waals surface area contributed by atoms with Gasteiger partial charge in [0, 0.05) is 12.4 Å². The van der Waals surface area contributed by atoms with Crippen LogP contribution in [0.25, 0.3) is 0 Å². The van der Waals surface area contributed by atoms with Gasteiger partial charge in [0.1, 0.15) is 5.82 Å². The Hall–Kier alpha value is -2.50. The Bertz CT molecular complexity index is 559. The molecule has 0 bridgehead atoms. The van der Waals surface area contributed by atoms with E-state index in [4.69, 9.17) is 5.73 Å². The zero-order valence-corrected chi connectivity index (χ0v) is 8.72. The van der Waals surface area contributed by atoms with Crippen molar-refractivity contribution in [1.29, 1.82) is 0 Å². The number of halogens is 1. The molecule has 0 unspecified atom stereocenters. The fourth-order valence-corrected chi connectivity index (χ4v) is 1.27. The van der Waals surface area contributed by atoms with Crippen molar-refractivity contribution in [2.75, 3.05) is 11.1 Å². The van der Waals surface area contributed by atoms with Crippen LogP contribution in [0, 0.1) is 5.82 Å². The number of nitrogen functional groups attached to an aromatic ring is 1. The van der Waals surface area contributed by atoms with Gasteiger partial charge in [-0.1, -0.05) is 12.1 Å². The molecule has 0 aliphatic heterocycles. The number of aromatic nitrogens is 2. The summed E-state index contributed by atoms with van der Waals surface area (Å²) in [6.45, 7) is 0. The molecule has 86 valence electrons. The molecule has 0 radical (unpaired) electrons. The highest BCUT2D eigenvalue weighted by Crippen LogP contribution is 2.14. The van der Waals surface area contributed by atoms with Crippen LogP contribution in [0.15, 0.2) is 36.7 Å². The Kier molecular flexibility index (Phi) is 2.95. The Morgan fingerprint density at radius 3 is 2.65 bits per heavy atom. The van der Waals surface area contributed by atoms with Crippen molar-refractivity contribution >= 4 is 17.4 Å². The summed E-state index contributed by atoms with van der Waals surface area (Å²) in [5.74, 6) is -1.12. The minimum atomic E-state index is -0.597. The molecule has 5 nitrogen and oxygen atoms in total. The summed E-state index contributed by atoms with van der Waals surface area (Å²) < 4.78 is 13.3. The number of carbonyl (C=O) groups excluding carboxylic acids is 1. The predicted molar refractivity (Wildman–Crippen MR) is 60.8 cm³/mol. The molecule has 1 amide bonds. The standard InChI is InChI=1S/C11H9FN4O/c12-7-3-1-2-4-8(7)16-11(17)9-10(13)15-6-5-14-9/h1-6H,(H2,13,15)(H,16,17). The number of nitrogens with zero attached hydrogens (tertiary/aromatic N) is 2. The highest BCUT2D eigenvalue weighted by Gasteiger charge is 2.13. The molecule has 1 aromatic heterocycles. The summed E-state index contributed by atoms with van der Waals surface area (Å²) in [5.41, 5.74) is 5.53. The lowest BCUT2D eigenvalue weighted by Gasteiger charge is -2.06. The summed E-state index contributed by atoms with van der Waals surface area (Å²) >= 11 is 0. The molecule has 0 atom stereocenters. The molecule has 0 saturated heterocycles. The largest absolute Gasteiger partial charge is 0.382 e. The van der Waals surface area contributed by atoms with Gasteiger partial charge >= 0.3 is 0 Å². The monoisotopic (exact) mass is 232 g/mol. The number of amides is 1. The van der Waals surface area contributed by atoms with Crippen LogP contribution in [0.2, 0.25) is 0 Å². The quantitative estimate of drug-likeness (QED) is 0.821. The highest BCUT2D eigenvalue weighted by molar-refractivity contribution is 6.05. The lowest BCUT2D eigenvalue weighted by molar-refractivity contribution is 0.102. The number of benzene rings is 1. The first kappa shape index (κ1) is 11.0. The molecule has 2 aromatic rings. The predicted octanol–water partition coefficient (Wildman–Crippen LogP) is 1.45. The van der Waals surface area contributed by atoms with Crippen LogP contribution in [-0.2, 0) is 0 Å². The summed E-state index contributed by atoms with van der Waals surface area (Å²) in [6, 6.07) is 5.83. The molecule has 0 spiro atoms. The average molecular weight is 232 g/mol. The SMILES string of the molecule is Nc1nccnc1C(=O)Nc1ccccc1F. The average Bonchev–Trinajstić information content (AvgIpc) is 2.32. The summed E-state index contributed by atoms with van der Waals surface area (Å²) in [6.07, 6.45) is 2.71. The van der Waals surface area contributed by atoms with Crippen molar-refractivity contribution in [3.8, 4) is 0 Å². The van der Waals surface area contributed by atoms with Crippen molar-refractivity contribution in [2.45, 2.75) is 0 Å². The third-order valence-electron chi connectivity index (χ3n) is 2.06. The van der Waals surface area contributed by atoms with Gasteiger partial charge in [-0.15, -0.1) is 0 Å². The van der Waals surface area contributed by atoms with Gasteiger partial charge in [0.05, 0.1) is 5.69 Å². The van der Waals surface area contributed by atoms with Gasteiger partial charge in [-0.2, -0.15) is 0 Å². The molecule has 1 heterocycles. The molecule has 0 aliphatic carbocycles. The normalized spacial score (nSPS) is 9.94. The molecular formula is C11H9FN4O.